The fourth-order valence-corrected chi connectivity index (χ4v) is 2.89. The topological polar surface area (TPSA) is 90.6 Å². The highest BCUT2D eigenvalue weighted by Gasteiger charge is 2.22. The summed E-state index contributed by atoms with van der Waals surface area (Å²) >= 11 is 0. The Morgan fingerprint density at radius 3 is 2.50 bits per heavy atom. The number of amides is 2. The summed E-state index contributed by atoms with van der Waals surface area (Å²) in [5, 5.41) is 9.44. The van der Waals surface area contributed by atoms with E-state index in [4.69, 9.17) is 4.74 Å². The number of H-pyrrole nitrogens is 1. The molecular weight excluding hydrogens is 334 g/mol. The van der Waals surface area contributed by atoms with Gasteiger partial charge in [-0.3, -0.25) is 19.6 Å². The van der Waals surface area contributed by atoms with Crippen LogP contribution >= 0.6 is 0 Å². The van der Waals surface area contributed by atoms with Crippen LogP contribution in [0.3, 0.4) is 0 Å². The number of aromatic amines is 1. The summed E-state index contributed by atoms with van der Waals surface area (Å²) in [7, 11) is 1.59. The maximum Gasteiger partial charge on any atom is 0.271 e. The second-order valence-electron chi connectivity index (χ2n) is 6.09. The number of ether oxygens (including phenoxy) is 1. The smallest absolute Gasteiger partial charge is 0.271 e. The predicted octanol–water partition coefficient (Wildman–Crippen LogP) is 0.606. The highest BCUT2D eigenvalue weighted by atomic mass is 16.5. The number of hydrogen-bond acceptors (Lipinski definition) is 5. The fourth-order valence-electron chi connectivity index (χ4n) is 2.89. The van der Waals surface area contributed by atoms with Crippen molar-refractivity contribution in [3.63, 3.8) is 0 Å². The minimum Gasteiger partial charge on any atom is -0.497 e. The van der Waals surface area contributed by atoms with Crippen LogP contribution < -0.4 is 10.1 Å². The van der Waals surface area contributed by atoms with Crippen molar-refractivity contribution in [2.45, 2.75) is 0 Å². The van der Waals surface area contributed by atoms with E-state index in [9.17, 15) is 9.59 Å². The molecule has 0 unspecified atom stereocenters. The Kier molecular flexibility index (Phi) is 5.85. The Balaban J connectivity index is 1.38. The largest absolute Gasteiger partial charge is 0.497 e. The lowest BCUT2D eigenvalue weighted by molar-refractivity contribution is 0.0632. The summed E-state index contributed by atoms with van der Waals surface area (Å²) in [6.07, 6.45) is 1.58. The molecule has 2 N–H and O–H groups in total. The van der Waals surface area contributed by atoms with Crippen LogP contribution in [0.1, 0.15) is 20.8 Å². The van der Waals surface area contributed by atoms with E-state index in [2.05, 4.69) is 20.4 Å². The lowest BCUT2D eigenvalue weighted by Crippen LogP contribution is -2.50. The number of methoxy groups -OCH3 is 1. The molecule has 1 fully saturated rings. The minimum atomic E-state index is -0.0966. The maximum absolute atomic E-state index is 12.2. The quantitative estimate of drug-likeness (QED) is 0.790. The van der Waals surface area contributed by atoms with Crippen LogP contribution in [-0.4, -0.2) is 78.2 Å². The molecule has 1 aliphatic heterocycles. The standard InChI is InChI=1S/C18H23N5O3/c1-26-15-4-2-14(3-5-15)17(24)19-8-9-22-10-12-23(13-11-22)18(25)16-6-7-20-21-16/h2-7H,8-13H2,1H3,(H,19,24)(H,20,21). The molecule has 138 valence electrons. The van der Waals surface area contributed by atoms with E-state index in [1.165, 1.54) is 0 Å². The number of nitrogens with one attached hydrogen (secondary N) is 2. The molecule has 26 heavy (non-hydrogen) atoms. The van der Waals surface area contributed by atoms with Gasteiger partial charge in [0.05, 0.1) is 7.11 Å². The molecule has 0 bridgehead atoms. The zero-order valence-corrected chi connectivity index (χ0v) is 14.8. The Labute approximate surface area is 152 Å². The molecule has 1 aromatic heterocycles. The number of nitrogens with zero attached hydrogens (tertiary/aromatic N) is 3. The van der Waals surface area contributed by atoms with Crippen LogP contribution in [0.2, 0.25) is 0 Å². The van der Waals surface area contributed by atoms with Gasteiger partial charge in [0.15, 0.2) is 0 Å². The number of hydrogen-bond donors (Lipinski definition) is 2. The Morgan fingerprint density at radius 1 is 1.15 bits per heavy atom. The van der Waals surface area contributed by atoms with Gasteiger partial charge < -0.3 is 15.0 Å². The monoisotopic (exact) mass is 357 g/mol. The average Bonchev–Trinajstić information content (AvgIpc) is 3.23. The molecule has 2 heterocycles. The molecule has 0 saturated carbocycles. The van der Waals surface area contributed by atoms with Gasteiger partial charge in [-0.05, 0) is 30.3 Å². The van der Waals surface area contributed by atoms with E-state index in [0.29, 0.717) is 30.9 Å². The average molecular weight is 357 g/mol. The first-order valence-electron chi connectivity index (χ1n) is 8.60. The maximum atomic E-state index is 12.2. The molecule has 2 aromatic rings. The van der Waals surface area contributed by atoms with Crippen molar-refractivity contribution in [1.29, 1.82) is 0 Å². The van der Waals surface area contributed by atoms with E-state index in [0.717, 1.165) is 25.4 Å². The number of benzene rings is 1. The van der Waals surface area contributed by atoms with Crippen LogP contribution in [0.15, 0.2) is 36.5 Å². The van der Waals surface area contributed by atoms with Gasteiger partial charge in [0, 0.05) is 51.0 Å². The van der Waals surface area contributed by atoms with Crippen molar-refractivity contribution < 1.29 is 14.3 Å². The zero-order chi connectivity index (χ0) is 18.4. The van der Waals surface area contributed by atoms with Gasteiger partial charge >= 0.3 is 0 Å². The minimum absolute atomic E-state index is 0.0186. The number of carbonyl (C=O) groups is 2. The van der Waals surface area contributed by atoms with Crippen LogP contribution in [0.4, 0.5) is 0 Å². The van der Waals surface area contributed by atoms with Crippen molar-refractivity contribution in [3.8, 4) is 5.75 Å². The first kappa shape index (κ1) is 17.9. The Morgan fingerprint density at radius 2 is 1.88 bits per heavy atom. The lowest BCUT2D eigenvalue weighted by Gasteiger charge is -2.34. The molecule has 3 rings (SSSR count). The molecule has 8 heteroatoms. The Hall–Kier alpha value is -2.87. The number of carbonyl (C=O) groups excluding carboxylic acids is 2. The lowest BCUT2D eigenvalue weighted by atomic mass is 10.2. The summed E-state index contributed by atoms with van der Waals surface area (Å²) < 4.78 is 5.09. The highest BCUT2D eigenvalue weighted by molar-refractivity contribution is 5.94. The number of rotatable bonds is 6. The second kappa shape index (κ2) is 8.48. The summed E-state index contributed by atoms with van der Waals surface area (Å²) in [5.74, 6) is 0.611. The third-order valence-corrected chi connectivity index (χ3v) is 4.46. The molecule has 0 atom stereocenters. The van der Waals surface area contributed by atoms with Gasteiger partial charge in [0.2, 0.25) is 0 Å². The molecule has 1 saturated heterocycles. The van der Waals surface area contributed by atoms with Gasteiger partial charge in [-0.2, -0.15) is 5.10 Å². The van der Waals surface area contributed by atoms with Crippen molar-refractivity contribution in [2.75, 3.05) is 46.4 Å². The molecule has 0 radical (unpaired) electrons. The third-order valence-electron chi connectivity index (χ3n) is 4.46. The molecule has 2 amide bonds. The highest BCUT2D eigenvalue weighted by Crippen LogP contribution is 2.11. The van der Waals surface area contributed by atoms with Crippen molar-refractivity contribution in [3.05, 3.63) is 47.8 Å². The van der Waals surface area contributed by atoms with Crippen LogP contribution in [0.25, 0.3) is 0 Å². The van der Waals surface area contributed by atoms with Crippen molar-refractivity contribution >= 4 is 11.8 Å². The summed E-state index contributed by atoms with van der Waals surface area (Å²) in [6.45, 7) is 4.25. The normalized spacial score (nSPS) is 14.9. The van der Waals surface area contributed by atoms with Gasteiger partial charge in [-0.25, -0.2) is 0 Å². The summed E-state index contributed by atoms with van der Waals surface area (Å²) in [6, 6.07) is 8.71. The van der Waals surface area contributed by atoms with Crippen molar-refractivity contribution in [2.24, 2.45) is 0 Å². The van der Waals surface area contributed by atoms with Crippen LogP contribution in [0.5, 0.6) is 5.75 Å². The van der Waals surface area contributed by atoms with E-state index >= 15 is 0 Å². The van der Waals surface area contributed by atoms with Gasteiger partial charge in [-0.15, -0.1) is 0 Å². The first-order valence-corrected chi connectivity index (χ1v) is 8.60. The molecule has 1 aromatic carbocycles. The summed E-state index contributed by atoms with van der Waals surface area (Å²) in [5.41, 5.74) is 1.13. The van der Waals surface area contributed by atoms with Crippen LogP contribution in [0, 0.1) is 0 Å². The fraction of sp³-hybridized carbons (Fsp3) is 0.389. The number of aromatic nitrogens is 2. The third kappa shape index (κ3) is 4.40. The van der Waals surface area contributed by atoms with Gasteiger partial charge in [0.25, 0.3) is 11.8 Å². The van der Waals surface area contributed by atoms with Gasteiger partial charge in [-0.1, -0.05) is 0 Å². The predicted molar refractivity (Wildman–Crippen MR) is 96.3 cm³/mol. The van der Waals surface area contributed by atoms with E-state index in [-0.39, 0.29) is 11.8 Å². The molecular formula is C18H23N5O3. The summed E-state index contributed by atoms with van der Waals surface area (Å²) in [4.78, 5) is 28.4. The second-order valence-corrected chi connectivity index (χ2v) is 6.09. The van der Waals surface area contributed by atoms with Crippen LogP contribution in [-0.2, 0) is 0 Å². The van der Waals surface area contributed by atoms with Crippen molar-refractivity contribution in [1.82, 2.24) is 25.3 Å². The molecule has 0 spiro atoms. The first-order chi connectivity index (χ1) is 12.7. The Bertz CT molecular complexity index is 722. The molecule has 8 nitrogen and oxygen atoms in total. The zero-order valence-electron chi connectivity index (χ0n) is 14.8. The SMILES string of the molecule is COc1ccc(C(=O)NCCN2CCN(C(=O)c3ccn[nH]3)CC2)cc1. The van der Waals surface area contributed by atoms with E-state index < -0.39 is 0 Å². The van der Waals surface area contributed by atoms with Gasteiger partial charge in [0.1, 0.15) is 11.4 Å². The molecule has 0 aliphatic carbocycles. The molecule has 1 aliphatic rings. The van der Waals surface area contributed by atoms with E-state index in [1.807, 2.05) is 4.90 Å². The van der Waals surface area contributed by atoms with E-state index in [1.54, 1.807) is 43.6 Å². The number of piperazine rings is 1.